The monoisotopic (exact) mass is 414 g/mol. The van der Waals surface area contributed by atoms with Crippen molar-refractivity contribution >= 4 is 11.6 Å². The number of rotatable bonds is 8. The average Bonchev–Trinajstić information content (AvgIpc) is 2.78. The molecule has 1 fully saturated rings. The van der Waals surface area contributed by atoms with Crippen LogP contribution >= 0.6 is 0 Å². The molecule has 0 amide bonds. The third-order valence-corrected chi connectivity index (χ3v) is 5.02. The molecule has 1 atom stereocenters. The number of aliphatic imine (C=N–C) groups is 1. The van der Waals surface area contributed by atoms with E-state index in [1.54, 1.807) is 6.07 Å². The van der Waals surface area contributed by atoms with Gasteiger partial charge in [-0.3, -0.25) is 0 Å². The van der Waals surface area contributed by atoms with Gasteiger partial charge in [0.2, 0.25) is 0 Å². The number of guanidine groups is 1. The SMILES string of the molecule is CCNC(=NCc1ccc(N2CCOCC2)c(F)c1)NCCC(O)c1ccccc1. The number of anilines is 1. The molecule has 2 aromatic carbocycles. The van der Waals surface area contributed by atoms with E-state index in [9.17, 15) is 9.50 Å². The molecule has 162 valence electrons. The van der Waals surface area contributed by atoms with Crippen molar-refractivity contribution in [3.05, 3.63) is 65.5 Å². The fourth-order valence-corrected chi connectivity index (χ4v) is 3.39. The van der Waals surface area contributed by atoms with Crippen molar-refractivity contribution in [3.63, 3.8) is 0 Å². The second kappa shape index (κ2) is 11.5. The summed E-state index contributed by atoms with van der Waals surface area (Å²) in [6.07, 6.45) is 0.0421. The Kier molecular flexibility index (Phi) is 8.47. The lowest BCUT2D eigenvalue weighted by atomic mass is 10.1. The van der Waals surface area contributed by atoms with Crippen LogP contribution in [0.15, 0.2) is 53.5 Å². The molecule has 7 heteroatoms. The van der Waals surface area contributed by atoms with Crippen LogP contribution in [-0.4, -0.2) is 50.5 Å². The van der Waals surface area contributed by atoms with Crippen LogP contribution in [-0.2, 0) is 11.3 Å². The van der Waals surface area contributed by atoms with Crippen LogP contribution in [0.2, 0.25) is 0 Å². The zero-order valence-electron chi connectivity index (χ0n) is 17.5. The van der Waals surface area contributed by atoms with Crippen LogP contribution in [0.3, 0.4) is 0 Å². The van der Waals surface area contributed by atoms with E-state index in [4.69, 9.17) is 4.74 Å². The smallest absolute Gasteiger partial charge is 0.191 e. The number of aliphatic hydroxyl groups is 1. The van der Waals surface area contributed by atoms with Crippen LogP contribution in [0.1, 0.15) is 30.6 Å². The van der Waals surface area contributed by atoms with Crippen molar-refractivity contribution in [1.29, 1.82) is 0 Å². The molecule has 0 aromatic heterocycles. The molecule has 0 spiro atoms. The quantitative estimate of drug-likeness (QED) is 0.458. The third kappa shape index (κ3) is 6.43. The van der Waals surface area contributed by atoms with Crippen LogP contribution in [0.25, 0.3) is 0 Å². The zero-order valence-corrected chi connectivity index (χ0v) is 17.5. The largest absolute Gasteiger partial charge is 0.388 e. The fourth-order valence-electron chi connectivity index (χ4n) is 3.39. The van der Waals surface area contributed by atoms with E-state index in [0.717, 1.165) is 17.7 Å². The van der Waals surface area contributed by atoms with Gasteiger partial charge in [0.05, 0.1) is 31.5 Å². The van der Waals surface area contributed by atoms with E-state index in [-0.39, 0.29) is 5.82 Å². The Morgan fingerprint density at radius 3 is 2.63 bits per heavy atom. The second-order valence-corrected chi connectivity index (χ2v) is 7.22. The van der Waals surface area contributed by atoms with Crippen molar-refractivity contribution in [2.75, 3.05) is 44.3 Å². The Bertz CT molecular complexity index is 810. The molecule has 0 bridgehead atoms. The van der Waals surface area contributed by atoms with Crippen LogP contribution in [0, 0.1) is 5.82 Å². The number of ether oxygens (including phenoxy) is 1. The second-order valence-electron chi connectivity index (χ2n) is 7.22. The van der Waals surface area contributed by atoms with Crippen LogP contribution in [0.5, 0.6) is 0 Å². The molecule has 2 aromatic rings. The van der Waals surface area contributed by atoms with E-state index in [1.165, 1.54) is 0 Å². The zero-order chi connectivity index (χ0) is 21.2. The maximum absolute atomic E-state index is 14.6. The van der Waals surface area contributed by atoms with Gasteiger partial charge in [0.25, 0.3) is 0 Å². The van der Waals surface area contributed by atoms with Crippen molar-refractivity contribution in [1.82, 2.24) is 10.6 Å². The molecular weight excluding hydrogens is 383 g/mol. The van der Waals surface area contributed by atoms with Gasteiger partial charge in [-0.25, -0.2) is 9.38 Å². The first-order valence-corrected chi connectivity index (χ1v) is 10.5. The Morgan fingerprint density at radius 1 is 1.17 bits per heavy atom. The number of hydrogen-bond acceptors (Lipinski definition) is 4. The average molecular weight is 415 g/mol. The van der Waals surface area contributed by atoms with Crippen LogP contribution in [0.4, 0.5) is 10.1 Å². The molecular formula is C23H31FN4O2. The van der Waals surface area contributed by atoms with Gasteiger partial charge in [-0.15, -0.1) is 0 Å². The number of aliphatic hydroxyl groups excluding tert-OH is 1. The normalized spacial score (nSPS) is 15.7. The molecule has 1 saturated heterocycles. The molecule has 1 unspecified atom stereocenters. The van der Waals surface area contributed by atoms with Gasteiger partial charge in [0.1, 0.15) is 5.82 Å². The first-order chi connectivity index (χ1) is 14.7. The lowest BCUT2D eigenvalue weighted by molar-refractivity contribution is 0.122. The van der Waals surface area contributed by atoms with E-state index < -0.39 is 6.10 Å². The Hall–Kier alpha value is -2.64. The van der Waals surface area contributed by atoms with Crippen molar-refractivity contribution in [2.45, 2.75) is 26.0 Å². The minimum atomic E-state index is -0.525. The summed E-state index contributed by atoms with van der Waals surface area (Å²) in [6, 6.07) is 14.9. The van der Waals surface area contributed by atoms with Gasteiger partial charge < -0.3 is 25.4 Å². The van der Waals surface area contributed by atoms with Crippen molar-refractivity contribution < 1.29 is 14.2 Å². The number of nitrogens with zero attached hydrogens (tertiary/aromatic N) is 2. The molecule has 1 heterocycles. The molecule has 3 rings (SSSR count). The Morgan fingerprint density at radius 2 is 1.93 bits per heavy atom. The molecule has 1 aliphatic heterocycles. The topological polar surface area (TPSA) is 69.1 Å². The van der Waals surface area contributed by atoms with E-state index in [2.05, 4.69) is 15.6 Å². The maximum atomic E-state index is 14.6. The van der Waals surface area contributed by atoms with Gasteiger partial charge in [0, 0.05) is 26.2 Å². The summed E-state index contributed by atoms with van der Waals surface area (Å²) in [7, 11) is 0. The summed E-state index contributed by atoms with van der Waals surface area (Å²) in [5.41, 5.74) is 2.33. The lowest BCUT2D eigenvalue weighted by Crippen LogP contribution is -2.38. The molecule has 6 nitrogen and oxygen atoms in total. The molecule has 1 aliphatic rings. The summed E-state index contributed by atoms with van der Waals surface area (Å²) in [6.45, 7) is 6.33. The molecule has 3 N–H and O–H groups in total. The summed E-state index contributed by atoms with van der Waals surface area (Å²) < 4.78 is 19.9. The highest BCUT2D eigenvalue weighted by Crippen LogP contribution is 2.22. The summed E-state index contributed by atoms with van der Waals surface area (Å²) in [4.78, 5) is 6.56. The highest BCUT2D eigenvalue weighted by molar-refractivity contribution is 5.79. The first-order valence-electron chi connectivity index (χ1n) is 10.5. The minimum Gasteiger partial charge on any atom is -0.388 e. The van der Waals surface area contributed by atoms with Crippen molar-refractivity contribution in [3.8, 4) is 0 Å². The first kappa shape index (κ1) is 22.1. The highest BCUT2D eigenvalue weighted by Gasteiger charge is 2.15. The number of nitrogens with one attached hydrogen (secondary N) is 2. The summed E-state index contributed by atoms with van der Waals surface area (Å²) in [5, 5.41) is 16.7. The summed E-state index contributed by atoms with van der Waals surface area (Å²) >= 11 is 0. The molecule has 30 heavy (non-hydrogen) atoms. The number of hydrogen-bond donors (Lipinski definition) is 3. The Labute approximate surface area is 177 Å². The van der Waals surface area contributed by atoms with E-state index >= 15 is 0 Å². The molecule has 0 radical (unpaired) electrons. The highest BCUT2D eigenvalue weighted by atomic mass is 19.1. The predicted octanol–water partition coefficient (Wildman–Crippen LogP) is 2.84. The third-order valence-electron chi connectivity index (χ3n) is 5.02. The van der Waals surface area contributed by atoms with Crippen molar-refractivity contribution in [2.24, 2.45) is 4.99 Å². The fraction of sp³-hybridized carbons (Fsp3) is 0.435. The van der Waals surface area contributed by atoms with Gasteiger partial charge in [0.15, 0.2) is 5.96 Å². The van der Waals surface area contributed by atoms with Gasteiger partial charge >= 0.3 is 0 Å². The number of halogens is 1. The molecule has 0 aliphatic carbocycles. The lowest BCUT2D eigenvalue weighted by Gasteiger charge is -2.29. The van der Waals surface area contributed by atoms with Gasteiger partial charge in [-0.05, 0) is 36.6 Å². The van der Waals surface area contributed by atoms with Crippen LogP contribution < -0.4 is 15.5 Å². The van der Waals surface area contributed by atoms with Gasteiger partial charge in [-0.1, -0.05) is 36.4 Å². The van der Waals surface area contributed by atoms with E-state index in [0.29, 0.717) is 57.5 Å². The predicted molar refractivity (Wildman–Crippen MR) is 118 cm³/mol. The molecule has 0 saturated carbocycles. The number of morpholine rings is 1. The van der Waals surface area contributed by atoms with Gasteiger partial charge in [-0.2, -0.15) is 0 Å². The standard InChI is InChI=1S/C23H31FN4O2/c1-2-25-23(26-11-10-22(29)19-6-4-3-5-7-19)27-17-18-8-9-21(20(24)16-18)28-12-14-30-15-13-28/h3-9,16,22,29H,2,10-15,17H2,1H3,(H2,25,26,27). The Balaban J connectivity index is 1.54. The minimum absolute atomic E-state index is 0.228. The maximum Gasteiger partial charge on any atom is 0.191 e. The summed E-state index contributed by atoms with van der Waals surface area (Å²) in [5.74, 6) is 0.420. The number of benzene rings is 2. The van der Waals surface area contributed by atoms with E-state index in [1.807, 2.05) is 54.3 Å².